The van der Waals surface area contributed by atoms with Crippen LogP contribution in [0.25, 0.3) is 0 Å². The van der Waals surface area contributed by atoms with E-state index in [9.17, 15) is 9.59 Å². The molecule has 140 valence electrons. The number of carbonyl (C=O) groups is 2. The molecule has 3 saturated heterocycles. The molecule has 0 radical (unpaired) electrons. The van der Waals surface area contributed by atoms with Crippen LogP contribution < -0.4 is 0 Å². The van der Waals surface area contributed by atoms with Crippen LogP contribution in [0.3, 0.4) is 0 Å². The molecule has 0 saturated carbocycles. The minimum atomic E-state index is -0.745. The lowest BCUT2D eigenvalue weighted by atomic mass is 10.1. The summed E-state index contributed by atoms with van der Waals surface area (Å²) in [5.74, 6) is -0.229. The van der Waals surface area contributed by atoms with Gasteiger partial charge in [0.25, 0.3) is 5.91 Å². The second kappa shape index (κ2) is 5.81. The minimum absolute atomic E-state index is 0.0280. The fourth-order valence-electron chi connectivity index (χ4n) is 4.60. The van der Waals surface area contributed by atoms with E-state index in [4.69, 9.17) is 16.3 Å². The molecule has 1 spiro atoms. The van der Waals surface area contributed by atoms with Crippen molar-refractivity contribution in [2.45, 2.75) is 37.6 Å². The largest absolute Gasteiger partial charge is 0.343 e. The van der Waals surface area contributed by atoms with Gasteiger partial charge in [-0.25, -0.2) is 0 Å². The molecule has 7 nitrogen and oxygen atoms in total. The molecule has 5 rings (SSSR count). The number of rotatable bonds is 2. The number of amides is 2. The molecule has 1 N–H and O–H groups in total. The Morgan fingerprint density at radius 3 is 2.85 bits per heavy atom. The number of aromatic amines is 1. The summed E-state index contributed by atoms with van der Waals surface area (Å²) >= 11 is 6.22. The van der Waals surface area contributed by atoms with E-state index < -0.39 is 5.72 Å². The van der Waals surface area contributed by atoms with Crippen molar-refractivity contribution in [3.63, 3.8) is 0 Å². The smallest absolute Gasteiger partial charge is 0.276 e. The third kappa shape index (κ3) is 2.28. The summed E-state index contributed by atoms with van der Waals surface area (Å²) in [6.07, 6.45) is 0.692. The van der Waals surface area contributed by atoms with Gasteiger partial charge in [0.1, 0.15) is 6.10 Å². The number of nitrogens with zero attached hydrogens (tertiary/aromatic N) is 3. The predicted molar refractivity (Wildman–Crippen MR) is 97.1 cm³/mol. The summed E-state index contributed by atoms with van der Waals surface area (Å²) in [7, 11) is 0. The molecular formula is C19H19ClN4O3. The van der Waals surface area contributed by atoms with Crippen LogP contribution in [0.2, 0.25) is 5.02 Å². The van der Waals surface area contributed by atoms with E-state index in [0.29, 0.717) is 30.2 Å². The molecule has 3 fully saturated rings. The van der Waals surface area contributed by atoms with Crippen LogP contribution in [0, 0.1) is 6.92 Å². The molecule has 2 amide bonds. The number of aryl methyl sites for hydroxylation is 1. The number of H-pyrrole nitrogens is 1. The Bertz CT molecular complexity index is 930. The number of benzene rings is 1. The third-order valence-electron chi connectivity index (χ3n) is 5.94. The van der Waals surface area contributed by atoms with Gasteiger partial charge in [0.2, 0.25) is 5.91 Å². The van der Waals surface area contributed by atoms with Crippen LogP contribution >= 0.6 is 11.6 Å². The van der Waals surface area contributed by atoms with Crippen molar-refractivity contribution in [1.82, 2.24) is 20.0 Å². The molecule has 0 unspecified atom stereocenters. The number of halogens is 1. The highest BCUT2D eigenvalue weighted by molar-refractivity contribution is 6.34. The van der Waals surface area contributed by atoms with E-state index in [-0.39, 0.29) is 36.1 Å². The lowest BCUT2D eigenvalue weighted by molar-refractivity contribution is -0.138. The molecule has 3 aliphatic rings. The third-order valence-corrected chi connectivity index (χ3v) is 6.40. The standard InChI is InChI=1S/C19H19ClN4O3/c1-11-16(20)17(22-21-11)18(26)23-8-7-19-14(23)9-15(25)24(19)10-13(27-19)12-5-3-2-4-6-12/h2-6,13-14H,7-10H2,1H3,(H,21,22)/t13-,14+,19-/m0/s1. The van der Waals surface area contributed by atoms with Crippen molar-refractivity contribution in [3.8, 4) is 0 Å². The summed E-state index contributed by atoms with van der Waals surface area (Å²) in [6.45, 7) is 2.80. The topological polar surface area (TPSA) is 78.5 Å². The number of likely N-dealkylation sites (tertiary alicyclic amines) is 1. The zero-order chi connectivity index (χ0) is 18.8. The van der Waals surface area contributed by atoms with Gasteiger partial charge in [0, 0.05) is 13.0 Å². The van der Waals surface area contributed by atoms with Crippen molar-refractivity contribution in [1.29, 1.82) is 0 Å². The van der Waals surface area contributed by atoms with E-state index in [1.165, 1.54) is 0 Å². The number of ether oxygens (including phenoxy) is 1. The number of hydrogen-bond donors (Lipinski definition) is 1. The van der Waals surface area contributed by atoms with Crippen LogP contribution in [-0.2, 0) is 9.53 Å². The number of nitrogens with one attached hydrogen (secondary N) is 1. The van der Waals surface area contributed by atoms with Crippen molar-refractivity contribution in [2.75, 3.05) is 13.1 Å². The summed E-state index contributed by atoms with van der Waals surface area (Å²) in [6, 6.07) is 9.58. The van der Waals surface area contributed by atoms with Gasteiger partial charge in [0.15, 0.2) is 11.4 Å². The highest BCUT2D eigenvalue weighted by Gasteiger charge is 2.65. The highest BCUT2D eigenvalue weighted by Crippen LogP contribution is 2.50. The first kappa shape index (κ1) is 16.8. The Balaban J connectivity index is 1.46. The molecule has 27 heavy (non-hydrogen) atoms. The van der Waals surface area contributed by atoms with Crippen molar-refractivity contribution in [3.05, 3.63) is 52.3 Å². The zero-order valence-electron chi connectivity index (χ0n) is 14.8. The maximum absolute atomic E-state index is 13.0. The van der Waals surface area contributed by atoms with Gasteiger partial charge in [-0.15, -0.1) is 0 Å². The lowest BCUT2D eigenvalue weighted by Gasteiger charge is -2.31. The summed E-state index contributed by atoms with van der Waals surface area (Å²) in [5.41, 5.74) is 1.16. The highest BCUT2D eigenvalue weighted by atomic mass is 35.5. The Morgan fingerprint density at radius 2 is 2.15 bits per heavy atom. The van der Waals surface area contributed by atoms with Gasteiger partial charge < -0.3 is 14.5 Å². The number of carbonyl (C=O) groups excluding carboxylic acids is 2. The van der Waals surface area contributed by atoms with E-state index in [2.05, 4.69) is 10.2 Å². The van der Waals surface area contributed by atoms with Crippen LogP contribution in [-0.4, -0.2) is 56.7 Å². The van der Waals surface area contributed by atoms with Crippen LogP contribution in [0.5, 0.6) is 0 Å². The van der Waals surface area contributed by atoms with Gasteiger partial charge >= 0.3 is 0 Å². The summed E-state index contributed by atoms with van der Waals surface area (Å²) in [5, 5.41) is 7.13. The minimum Gasteiger partial charge on any atom is -0.343 e. The average Bonchev–Trinajstić information content (AvgIpc) is 3.38. The van der Waals surface area contributed by atoms with E-state index in [1.54, 1.807) is 11.8 Å². The van der Waals surface area contributed by atoms with E-state index >= 15 is 0 Å². The van der Waals surface area contributed by atoms with Gasteiger partial charge in [-0.1, -0.05) is 41.9 Å². The Kier molecular flexibility index (Phi) is 3.61. The zero-order valence-corrected chi connectivity index (χ0v) is 15.6. The van der Waals surface area contributed by atoms with Crippen LogP contribution in [0.15, 0.2) is 30.3 Å². The van der Waals surface area contributed by atoms with Crippen molar-refractivity contribution in [2.24, 2.45) is 0 Å². The molecular weight excluding hydrogens is 368 g/mol. The number of aromatic nitrogens is 2. The summed E-state index contributed by atoms with van der Waals surface area (Å²) < 4.78 is 6.46. The molecule has 3 aliphatic heterocycles. The Morgan fingerprint density at radius 1 is 1.37 bits per heavy atom. The second-order valence-electron chi connectivity index (χ2n) is 7.35. The molecule has 8 heteroatoms. The molecule has 3 atom stereocenters. The molecule has 1 aromatic heterocycles. The van der Waals surface area contributed by atoms with Crippen molar-refractivity contribution < 1.29 is 14.3 Å². The quantitative estimate of drug-likeness (QED) is 0.858. The lowest BCUT2D eigenvalue weighted by Crippen LogP contribution is -2.48. The molecule has 0 bridgehead atoms. The van der Waals surface area contributed by atoms with Gasteiger partial charge in [-0.3, -0.25) is 14.7 Å². The molecule has 0 aliphatic carbocycles. The van der Waals surface area contributed by atoms with E-state index in [1.807, 2.05) is 35.2 Å². The van der Waals surface area contributed by atoms with Crippen molar-refractivity contribution >= 4 is 23.4 Å². The fourth-order valence-corrected chi connectivity index (χ4v) is 4.77. The number of hydrogen-bond acceptors (Lipinski definition) is 4. The average molecular weight is 387 g/mol. The van der Waals surface area contributed by atoms with E-state index in [0.717, 1.165) is 5.56 Å². The predicted octanol–water partition coefficient (Wildman–Crippen LogP) is 2.29. The monoisotopic (exact) mass is 386 g/mol. The fraction of sp³-hybridized carbons (Fsp3) is 0.421. The normalized spacial score (nSPS) is 29.3. The maximum atomic E-state index is 13.0. The van der Waals surface area contributed by atoms with Crippen LogP contribution in [0.4, 0.5) is 0 Å². The van der Waals surface area contributed by atoms with Gasteiger partial charge in [-0.05, 0) is 12.5 Å². The molecule has 4 heterocycles. The van der Waals surface area contributed by atoms with Gasteiger partial charge in [0.05, 0.1) is 29.7 Å². The Hall–Kier alpha value is -2.38. The van der Waals surface area contributed by atoms with Gasteiger partial charge in [-0.2, -0.15) is 5.10 Å². The molecule has 1 aromatic carbocycles. The first-order valence-electron chi connectivity index (χ1n) is 9.06. The molecule has 2 aromatic rings. The maximum Gasteiger partial charge on any atom is 0.276 e. The Labute approximate surface area is 161 Å². The summed E-state index contributed by atoms with van der Waals surface area (Å²) in [4.78, 5) is 29.2. The second-order valence-corrected chi connectivity index (χ2v) is 7.72. The first-order valence-corrected chi connectivity index (χ1v) is 9.44. The van der Waals surface area contributed by atoms with Crippen LogP contribution in [0.1, 0.15) is 40.7 Å². The first-order chi connectivity index (χ1) is 13.0. The SMILES string of the molecule is Cc1[nH]nc(C(=O)N2CC[C@@]34O[C@H](c5ccccc5)CN3C(=O)C[C@@H]24)c1Cl.